The van der Waals surface area contributed by atoms with Crippen molar-refractivity contribution in [2.24, 2.45) is 0 Å². The first kappa shape index (κ1) is 21.5. The van der Waals surface area contributed by atoms with Crippen LogP contribution in [0.1, 0.15) is 10.4 Å². The molecular formula is C7H5AgClKO4S. The van der Waals surface area contributed by atoms with Crippen LogP contribution in [0.15, 0.2) is 17.0 Å². The van der Waals surface area contributed by atoms with Gasteiger partial charge in [-0.05, 0) is 6.07 Å². The van der Waals surface area contributed by atoms with Crippen molar-refractivity contribution in [3.63, 3.8) is 0 Å². The van der Waals surface area contributed by atoms with Gasteiger partial charge in [0.05, 0.1) is 5.56 Å². The van der Waals surface area contributed by atoms with Gasteiger partial charge in [0, 0.05) is 0 Å². The molecule has 1 aromatic carbocycles. The fraction of sp³-hybridized carbons (Fsp3) is 0. The number of phenolic OH excluding ortho intramolecular Hbond substituents is 2. The summed E-state index contributed by atoms with van der Waals surface area (Å²) in [6.07, 6.45) is 0. The number of carbonyl (C=O) groups is 1. The monoisotopic (exact) mass is 366 g/mol. The summed E-state index contributed by atoms with van der Waals surface area (Å²) in [6, 6.07) is 2.04. The summed E-state index contributed by atoms with van der Waals surface area (Å²) in [5.74, 6) is -2.17. The third-order valence-electron chi connectivity index (χ3n) is 1.30. The molecule has 0 saturated carbocycles. The molecule has 82 valence electrons. The summed E-state index contributed by atoms with van der Waals surface area (Å²) >= 11 is 4.57. The van der Waals surface area contributed by atoms with Gasteiger partial charge in [-0.15, -0.1) is 4.90 Å². The van der Waals surface area contributed by atoms with Gasteiger partial charge in [0.2, 0.25) is 0 Å². The van der Waals surface area contributed by atoms with Crippen LogP contribution >= 0.6 is 0 Å². The normalized spacial score (nSPS) is 7.73. The number of benzene rings is 1. The van der Waals surface area contributed by atoms with Crippen LogP contribution in [0.5, 0.6) is 11.5 Å². The zero-order valence-corrected chi connectivity index (χ0v) is 13.7. The average Bonchev–Trinajstić information content (AvgIpc) is 1.99. The van der Waals surface area contributed by atoms with Gasteiger partial charge in [-0.25, -0.2) is 4.79 Å². The molecular weight excluding hydrogens is 363 g/mol. The zero-order valence-electron chi connectivity index (χ0n) is 7.49. The van der Waals surface area contributed by atoms with Crippen molar-refractivity contribution in [2.45, 2.75) is 4.90 Å². The zero-order chi connectivity index (χ0) is 9.30. The Balaban J connectivity index is -0.000000480. The summed E-state index contributed by atoms with van der Waals surface area (Å²) in [5.41, 5.74) is -0.143. The molecule has 1 aromatic rings. The number of aromatic carboxylic acids is 1. The first-order chi connectivity index (χ1) is 5.52. The van der Waals surface area contributed by atoms with Gasteiger partial charge in [-0.3, -0.25) is 0 Å². The van der Waals surface area contributed by atoms with Crippen molar-refractivity contribution >= 4 is 18.6 Å². The summed E-state index contributed by atoms with van der Waals surface area (Å²) in [4.78, 5) is 10.3. The van der Waals surface area contributed by atoms with E-state index in [1.165, 1.54) is 0 Å². The average molecular weight is 368 g/mol. The predicted molar refractivity (Wildman–Crippen MR) is 42.4 cm³/mol. The molecule has 0 aliphatic carbocycles. The number of rotatable bonds is 1. The second kappa shape index (κ2) is 9.23. The number of carboxylic acid groups (broad SMARTS) is 1. The van der Waals surface area contributed by atoms with Gasteiger partial charge in [0.15, 0.2) is 5.75 Å². The van der Waals surface area contributed by atoms with Gasteiger partial charge < -0.3 is 40.4 Å². The maximum atomic E-state index is 10.4. The maximum Gasteiger partial charge on any atom is 1.00 e. The summed E-state index contributed by atoms with van der Waals surface area (Å²) in [5, 5.41) is 26.4. The van der Waals surface area contributed by atoms with Gasteiger partial charge in [-0.2, -0.15) is 0 Å². The van der Waals surface area contributed by atoms with E-state index in [2.05, 4.69) is 12.6 Å². The number of phenols is 2. The Bertz CT molecular complexity index is 327. The number of hydrogen-bond acceptors (Lipinski definition) is 4. The molecule has 0 aliphatic rings. The van der Waals surface area contributed by atoms with Crippen LogP contribution in [-0.2, 0) is 35.0 Å². The minimum Gasteiger partial charge on any atom is -1.00 e. The molecule has 0 aromatic heterocycles. The predicted octanol–water partition coefficient (Wildman–Crippen LogP) is -5.29. The van der Waals surface area contributed by atoms with E-state index in [1.807, 2.05) is 0 Å². The molecule has 8 heteroatoms. The van der Waals surface area contributed by atoms with Crippen LogP contribution in [0.2, 0.25) is 0 Å². The molecule has 0 unspecified atom stereocenters. The van der Waals surface area contributed by atoms with Crippen molar-refractivity contribution in [1.82, 2.24) is 0 Å². The third kappa shape index (κ3) is 5.88. The van der Waals surface area contributed by atoms with Crippen molar-refractivity contribution in [2.75, 3.05) is 0 Å². The summed E-state index contributed by atoms with van der Waals surface area (Å²) in [7, 11) is 0. The van der Waals surface area contributed by atoms with Crippen LogP contribution in [0.25, 0.3) is 0 Å². The van der Waals surface area contributed by atoms with Crippen molar-refractivity contribution in [3.8, 4) is 11.5 Å². The van der Waals surface area contributed by atoms with Crippen molar-refractivity contribution < 1.29 is 106 Å². The molecule has 0 radical (unpaired) electrons. The molecule has 4 nitrogen and oxygen atoms in total. The number of aromatic hydroxyl groups is 2. The minimum atomic E-state index is -1.20. The van der Waals surface area contributed by atoms with E-state index in [0.717, 1.165) is 12.1 Å². The molecule has 1 rings (SSSR count). The topological polar surface area (TPSA) is 77.8 Å². The SMILES string of the molecule is O=C(O)c1cc(O)c(O)c([S-])c1.[Ag+].[Cl-].[K+]. The van der Waals surface area contributed by atoms with E-state index in [-0.39, 0.29) is 96.6 Å². The molecule has 0 bridgehead atoms. The second-order valence-corrected chi connectivity index (χ2v) is 2.59. The van der Waals surface area contributed by atoms with Gasteiger partial charge in [-0.1, -0.05) is 6.07 Å². The van der Waals surface area contributed by atoms with Gasteiger partial charge in [0.25, 0.3) is 0 Å². The summed E-state index contributed by atoms with van der Waals surface area (Å²) in [6.45, 7) is 0. The van der Waals surface area contributed by atoms with Crippen LogP contribution in [-0.4, -0.2) is 21.3 Å². The minimum absolute atomic E-state index is 0. The molecule has 0 heterocycles. The first-order valence-electron chi connectivity index (χ1n) is 2.98. The van der Waals surface area contributed by atoms with Gasteiger partial charge >= 0.3 is 79.7 Å². The van der Waals surface area contributed by atoms with Crippen LogP contribution in [0.3, 0.4) is 0 Å². The van der Waals surface area contributed by atoms with E-state index in [1.54, 1.807) is 0 Å². The van der Waals surface area contributed by atoms with Crippen molar-refractivity contribution in [1.29, 1.82) is 0 Å². The smallest absolute Gasteiger partial charge is 1.00 e. The Morgan fingerprint density at radius 2 is 1.73 bits per heavy atom. The molecule has 0 atom stereocenters. The Morgan fingerprint density at radius 1 is 1.27 bits per heavy atom. The first-order valence-corrected chi connectivity index (χ1v) is 3.39. The third-order valence-corrected chi connectivity index (χ3v) is 1.61. The fourth-order valence-electron chi connectivity index (χ4n) is 0.717. The van der Waals surface area contributed by atoms with E-state index in [0.29, 0.717) is 0 Å². The number of halogens is 1. The molecule has 0 saturated heterocycles. The molecule has 3 N–H and O–H groups in total. The largest absolute Gasteiger partial charge is 1.00 e. The Hall–Kier alpha value is 1.18. The van der Waals surface area contributed by atoms with Crippen LogP contribution < -0.4 is 63.8 Å². The number of hydrogen-bond donors (Lipinski definition) is 3. The Kier molecular flexibility index (Phi) is 13.2. The molecule has 0 amide bonds. The van der Waals surface area contributed by atoms with Crippen LogP contribution in [0, 0.1) is 0 Å². The second-order valence-electron chi connectivity index (χ2n) is 2.15. The molecule has 15 heavy (non-hydrogen) atoms. The van der Waals surface area contributed by atoms with E-state index < -0.39 is 17.5 Å². The Morgan fingerprint density at radius 3 is 2.07 bits per heavy atom. The van der Waals surface area contributed by atoms with Crippen LogP contribution in [0.4, 0.5) is 0 Å². The fourth-order valence-corrected chi connectivity index (χ4v) is 0.948. The number of carboxylic acids is 1. The van der Waals surface area contributed by atoms with E-state index >= 15 is 0 Å². The maximum absolute atomic E-state index is 10.4. The van der Waals surface area contributed by atoms with Gasteiger partial charge in [0.1, 0.15) is 5.75 Å². The molecule has 0 aliphatic heterocycles. The standard InChI is InChI=1S/C7H6O4S.Ag.ClH.K/c8-4-1-3(7(10)11)2-5(12)6(4)9;;;/h1-2,8-9,12H,(H,10,11);;1H;/q;+1;;+1/p-2. The summed E-state index contributed by atoms with van der Waals surface area (Å²) < 4.78 is 0. The molecule has 0 spiro atoms. The van der Waals surface area contributed by atoms with E-state index in [4.69, 9.17) is 15.3 Å². The van der Waals surface area contributed by atoms with Crippen molar-refractivity contribution in [3.05, 3.63) is 17.7 Å². The molecule has 0 fully saturated rings. The quantitative estimate of drug-likeness (QED) is 0.263. The van der Waals surface area contributed by atoms with E-state index in [9.17, 15) is 4.79 Å². The Labute approximate surface area is 156 Å².